The minimum Gasteiger partial charge on any atom is -0.481 e. The van der Waals surface area contributed by atoms with Gasteiger partial charge in [0.25, 0.3) is 0 Å². The SMILES string of the molecule is CCCC1(C(=O)O)CCN(c2cccc(C(F)(F)F)n2)C1. The fourth-order valence-electron chi connectivity index (χ4n) is 2.79. The van der Waals surface area contributed by atoms with Crippen LogP contribution in [0.4, 0.5) is 19.0 Å². The third-order valence-corrected chi connectivity index (χ3v) is 3.88. The highest BCUT2D eigenvalue weighted by molar-refractivity contribution is 5.76. The molecular weight excluding hydrogens is 285 g/mol. The molecule has 2 heterocycles. The number of aromatic nitrogens is 1. The molecule has 0 aromatic carbocycles. The predicted molar refractivity (Wildman–Crippen MR) is 71.0 cm³/mol. The van der Waals surface area contributed by atoms with E-state index in [0.717, 1.165) is 12.5 Å². The number of pyridine rings is 1. The van der Waals surface area contributed by atoms with Crippen LogP contribution in [0.5, 0.6) is 0 Å². The molecule has 7 heteroatoms. The lowest BCUT2D eigenvalue weighted by molar-refractivity contribution is -0.148. The van der Waals surface area contributed by atoms with Gasteiger partial charge in [0.1, 0.15) is 11.5 Å². The second kappa shape index (κ2) is 5.54. The van der Waals surface area contributed by atoms with Crippen molar-refractivity contribution >= 4 is 11.8 Å². The summed E-state index contributed by atoms with van der Waals surface area (Å²) in [7, 11) is 0. The van der Waals surface area contributed by atoms with Crippen LogP contribution in [0.25, 0.3) is 0 Å². The van der Waals surface area contributed by atoms with Crippen LogP contribution >= 0.6 is 0 Å². The van der Waals surface area contributed by atoms with Gasteiger partial charge in [0.15, 0.2) is 0 Å². The Balaban J connectivity index is 2.23. The van der Waals surface area contributed by atoms with E-state index in [1.807, 2.05) is 6.92 Å². The molecule has 0 amide bonds. The molecule has 0 radical (unpaired) electrons. The summed E-state index contributed by atoms with van der Waals surface area (Å²) >= 11 is 0. The van der Waals surface area contributed by atoms with Gasteiger partial charge in [-0.1, -0.05) is 19.4 Å². The first-order valence-corrected chi connectivity index (χ1v) is 6.81. The number of nitrogens with zero attached hydrogens (tertiary/aromatic N) is 2. The largest absolute Gasteiger partial charge is 0.481 e. The summed E-state index contributed by atoms with van der Waals surface area (Å²) < 4.78 is 38.0. The van der Waals surface area contributed by atoms with Crippen molar-refractivity contribution in [2.45, 2.75) is 32.4 Å². The van der Waals surface area contributed by atoms with Crippen LogP contribution in [0.15, 0.2) is 18.2 Å². The average Bonchev–Trinajstić information content (AvgIpc) is 2.84. The maximum absolute atomic E-state index is 12.7. The average molecular weight is 302 g/mol. The van der Waals surface area contributed by atoms with Gasteiger partial charge in [-0.3, -0.25) is 4.79 Å². The zero-order valence-corrected chi connectivity index (χ0v) is 11.7. The molecule has 1 N–H and O–H groups in total. The summed E-state index contributed by atoms with van der Waals surface area (Å²) in [5, 5.41) is 9.42. The van der Waals surface area contributed by atoms with Crippen molar-refractivity contribution in [1.82, 2.24) is 4.98 Å². The van der Waals surface area contributed by atoms with E-state index in [9.17, 15) is 23.1 Å². The zero-order chi connectivity index (χ0) is 15.7. The number of carbonyl (C=O) groups is 1. The van der Waals surface area contributed by atoms with Crippen LogP contribution in [0.2, 0.25) is 0 Å². The van der Waals surface area contributed by atoms with Gasteiger partial charge in [-0.25, -0.2) is 4.98 Å². The fourth-order valence-corrected chi connectivity index (χ4v) is 2.79. The number of halogens is 3. The highest BCUT2D eigenvalue weighted by Crippen LogP contribution is 2.38. The standard InChI is InChI=1S/C14H17F3N2O2/c1-2-6-13(12(20)21)7-8-19(9-13)11-5-3-4-10(18-11)14(15,16)17/h3-5H,2,6-9H2,1H3,(H,20,21). The summed E-state index contributed by atoms with van der Waals surface area (Å²) in [5.41, 5.74) is -1.84. The summed E-state index contributed by atoms with van der Waals surface area (Å²) in [4.78, 5) is 16.7. The third-order valence-electron chi connectivity index (χ3n) is 3.88. The highest BCUT2D eigenvalue weighted by Gasteiger charge is 2.44. The number of carboxylic acid groups (broad SMARTS) is 1. The Morgan fingerprint density at radius 3 is 2.76 bits per heavy atom. The number of hydrogen-bond donors (Lipinski definition) is 1. The van der Waals surface area contributed by atoms with Gasteiger partial charge in [-0.15, -0.1) is 0 Å². The highest BCUT2D eigenvalue weighted by atomic mass is 19.4. The quantitative estimate of drug-likeness (QED) is 0.928. The molecule has 0 saturated carbocycles. The van der Waals surface area contributed by atoms with E-state index in [1.54, 1.807) is 4.90 Å². The van der Waals surface area contributed by atoms with Gasteiger partial charge in [0.2, 0.25) is 0 Å². The molecule has 1 aliphatic rings. The van der Waals surface area contributed by atoms with Gasteiger partial charge in [0, 0.05) is 13.1 Å². The van der Waals surface area contributed by atoms with Gasteiger partial charge in [-0.05, 0) is 25.0 Å². The molecule has 1 aromatic rings. The Morgan fingerprint density at radius 2 is 2.19 bits per heavy atom. The number of rotatable bonds is 4. The van der Waals surface area contributed by atoms with Crippen molar-refractivity contribution in [3.63, 3.8) is 0 Å². The summed E-state index contributed by atoms with van der Waals surface area (Å²) in [5.74, 6) is -0.706. The van der Waals surface area contributed by atoms with Gasteiger partial charge < -0.3 is 10.0 Å². The first-order chi connectivity index (χ1) is 9.78. The van der Waals surface area contributed by atoms with Crippen LogP contribution < -0.4 is 4.90 Å². The molecule has 1 atom stereocenters. The Kier molecular flexibility index (Phi) is 4.11. The monoisotopic (exact) mass is 302 g/mol. The van der Waals surface area contributed by atoms with E-state index < -0.39 is 23.3 Å². The van der Waals surface area contributed by atoms with Crippen molar-refractivity contribution < 1.29 is 23.1 Å². The number of anilines is 1. The molecule has 4 nitrogen and oxygen atoms in total. The Hall–Kier alpha value is -1.79. The smallest absolute Gasteiger partial charge is 0.433 e. The molecule has 21 heavy (non-hydrogen) atoms. The van der Waals surface area contributed by atoms with Crippen LogP contribution in [0, 0.1) is 5.41 Å². The van der Waals surface area contributed by atoms with Crippen molar-refractivity contribution in [3.05, 3.63) is 23.9 Å². The van der Waals surface area contributed by atoms with E-state index in [0.29, 0.717) is 19.4 Å². The van der Waals surface area contributed by atoms with E-state index >= 15 is 0 Å². The second-order valence-electron chi connectivity index (χ2n) is 5.39. The van der Waals surface area contributed by atoms with E-state index in [4.69, 9.17) is 0 Å². The maximum atomic E-state index is 12.7. The van der Waals surface area contributed by atoms with Gasteiger partial charge in [-0.2, -0.15) is 13.2 Å². The number of carboxylic acids is 1. The first kappa shape index (κ1) is 15.6. The lowest BCUT2D eigenvalue weighted by Crippen LogP contribution is -2.35. The number of alkyl halides is 3. The Bertz CT molecular complexity index is 533. The molecular formula is C14H17F3N2O2. The van der Waals surface area contributed by atoms with Crippen molar-refractivity contribution in [3.8, 4) is 0 Å². The predicted octanol–water partition coefficient (Wildman–Crippen LogP) is 3.18. The Labute approximate surface area is 120 Å². The first-order valence-electron chi connectivity index (χ1n) is 6.81. The normalized spacial score (nSPS) is 22.6. The van der Waals surface area contributed by atoms with Gasteiger partial charge >= 0.3 is 12.1 Å². The molecule has 0 spiro atoms. The lowest BCUT2D eigenvalue weighted by atomic mass is 9.83. The van der Waals surface area contributed by atoms with Crippen molar-refractivity contribution in [2.75, 3.05) is 18.0 Å². The molecule has 1 saturated heterocycles. The van der Waals surface area contributed by atoms with Crippen molar-refractivity contribution in [2.24, 2.45) is 5.41 Å². The second-order valence-corrected chi connectivity index (χ2v) is 5.39. The lowest BCUT2D eigenvalue weighted by Gasteiger charge is -2.25. The van der Waals surface area contributed by atoms with Gasteiger partial charge in [0.05, 0.1) is 5.41 Å². The fraction of sp³-hybridized carbons (Fsp3) is 0.571. The van der Waals surface area contributed by atoms with E-state index in [2.05, 4.69) is 4.98 Å². The molecule has 0 aliphatic carbocycles. The van der Waals surface area contributed by atoms with Crippen molar-refractivity contribution in [1.29, 1.82) is 0 Å². The molecule has 116 valence electrons. The maximum Gasteiger partial charge on any atom is 0.433 e. The number of aliphatic carboxylic acids is 1. The van der Waals surface area contributed by atoms with Crippen LogP contribution in [-0.4, -0.2) is 29.1 Å². The summed E-state index contributed by atoms with van der Waals surface area (Å²) in [6.07, 6.45) is -2.84. The van der Waals surface area contributed by atoms with E-state index in [1.165, 1.54) is 12.1 Å². The summed E-state index contributed by atoms with van der Waals surface area (Å²) in [6.45, 7) is 2.50. The van der Waals surface area contributed by atoms with E-state index in [-0.39, 0.29) is 12.4 Å². The molecule has 1 fully saturated rings. The van der Waals surface area contributed by atoms with Crippen LogP contribution in [-0.2, 0) is 11.0 Å². The minimum atomic E-state index is -4.50. The van der Waals surface area contributed by atoms with Crippen LogP contribution in [0.1, 0.15) is 31.9 Å². The molecule has 1 aliphatic heterocycles. The zero-order valence-electron chi connectivity index (χ0n) is 11.7. The number of hydrogen-bond acceptors (Lipinski definition) is 3. The molecule has 1 aromatic heterocycles. The molecule has 0 bridgehead atoms. The Morgan fingerprint density at radius 1 is 1.48 bits per heavy atom. The minimum absolute atomic E-state index is 0.184. The topological polar surface area (TPSA) is 53.4 Å². The molecule has 1 unspecified atom stereocenters. The summed E-state index contributed by atoms with van der Waals surface area (Å²) in [6, 6.07) is 3.70. The van der Waals surface area contributed by atoms with Crippen LogP contribution in [0.3, 0.4) is 0 Å². The third kappa shape index (κ3) is 3.11. The molecule has 2 rings (SSSR count).